The number of anilines is 2. The number of hydrogen-bond acceptors (Lipinski definition) is 5. The molecular weight excluding hydrogens is 546 g/mol. The lowest BCUT2D eigenvalue weighted by atomic mass is 10.0. The van der Waals surface area contributed by atoms with Crippen LogP contribution in [0, 0.1) is 11.8 Å². The van der Waals surface area contributed by atoms with Crippen molar-refractivity contribution in [2.45, 2.75) is 31.4 Å². The summed E-state index contributed by atoms with van der Waals surface area (Å²) in [6.45, 7) is -1.35. The largest absolute Gasteiger partial charge is 0.495 e. The van der Waals surface area contributed by atoms with Crippen LogP contribution in [-0.4, -0.2) is 78.8 Å². The Morgan fingerprint density at radius 1 is 1.17 bits per heavy atom. The number of halogens is 4. The fourth-order valence-corrected chi connectivity index (χ4v) is 4.70. The van der Waals surface area contributed by atoms with Gasteiger partial charge in [-0.1, -0.05) is 12.0 Å². The SMILES string of the molecule is CNC(=O)c1ccc(NCC#Cc2cc3c(N[C@H]4CCN(C(=O)O)C[C@@H]4F)cccc3n2CC(F)(F)F)c(OC)c1. The third-order valence-corrected chi connectivity index (χ3v) is 6.71. The van der Waals surface area contributed by atoms with Crippen LogP contribution in [0.4, 0.5) is 33.7 Å². The lowest BCUT2D eigenvalue weighted by molar-refractivity contribution is -0.140. The normalized spacial score (nSPS) is 17.0. The molecule has 9 nitrogen and oxygen atoms in total. The molecule has 1 fully saturated rings. The molecule has 2 heterocycles. The molecule has 0 spiro atoms. The van der Waals surface area contributed by atoms with Gasteiger partial charge in [-0.15, -0.1) is 0 Å². The van der Waals surface area contributed by atoms with Gasteiger partial charge in [-0.05, 0) is 48.7 Å². The van der Waals surface area contributed by atoms with Crippen LogP contribution >= 0.6 is 0 Å². The lowest BCUT2D eigenvalue weighted by Gasteiger charge is -2.34. The summed E-state index contributed by atoms with van der Waals surface area (Å²) < 4.78 is 61.7. The number of carbonyl (C=O) groups excluding carboxylic acids is 1. The van der Waals surface area contributed by atoms with Crippen molar-refractivity contribution in [2.24, 2.45) is 0 Å². The number of rotatable bonds is 7. The van der Waals surface area contributed by atoms with Gasteiger partial charge in [0.25, 0.3) is 5.91 Å². The maximum Gasteiger partial charge on any atom is 0.407 e. The molecule has 0 radical (unpaired) electrons. The fraction of sp³-hybridized carbons (Fsp3) is 0.357. The minimum Gasteiger partial charge on any atom is -0.495 e. The predicted octanol–water partition coefficient (Wildman–Crippen LogP) is 4.54. The Labute approximate surface area is 233 Å². The number of likely N-dealkylation sites (tertiary alicyclic amines) is 1. The standard InChI is InChI=1S/C28H29F4N5O4/c1-33-26(38)17-8-9-23(25(13-17)41-2)34-11-4-5-18-14-19-21(6-3-7-24(19)37(18)16-28(30,31)32)35-22-10-12-36(27(39)40)15-20(22)29/h3,6-9,13-14,20,22,34-35H,10-12,15-16H2,1-2H3,(H,33,38)(H,39,40)/t20-,22-/m0/s1. The Morgan fingerprint density at radius 3 is 2.61 bits per heavy atom. The van der Waals surface area contributed by atoms with E-state index in [9.17, 15) is 27.2 Å². The van der Waals surface area contributed by atoms with Gasteiger partial charge in [0.2, 0.25) is 0 Å². The number of hydrogen-bond donors (Lipinski definition) is 4. The van der Waals surface area contributed by atoms with E-state index in [0.29, 0.717) is 28.1 Å². The van der Waals surface area contributed by atoms with Crippen LogP contribution in [0.2, 0.25) is 0 Å². The van der Waals surface area contributed by atoms with E-state index in [2.05, 4.69) is 27.8 Å². The van der Waals surface area contributed by atoms with Crippen LogP contribution in [0.1, 0.15) is 22.5 Å². The van der Waals surface area contributed by atoms with Gasteiger partial charge in [0.05, 0.1) is 43.1 Å². The van der Waals surface area contributed by atoms with E-state index in [1.807, 2.05) is 0 Å². The molecule has 41 heavy (non-hydrogen) atoms. The first kappa shape index (κ1) is 29.4. The monoisotopic (exact) mass is 575 g/mol. The first-order valence-corrected chi connectivity index (χ1v) is 12.7. The van der Waals surface area contributed by atoms with Crippen molar-refractivity contribution in [3.63, 3.8) is 0 Å². The van der Waals surface area contributed by atoms with Crippen molar-refractivity contribution in [2.75, 3.05) is 44.4 Å². The minimum absolute atomic E-state index is 0.0695. The summed E-state index contributed by atoms with van der Waals surface area (Å²) in [5.74, 6) is 5.75. The quantitative estimate of drug-likeness (QED) is 0.244. The summed E-state index contributed by atoms with van der Waals surface area (Å²) in [5, 5.41) is 18.2. The number of amides is 2. The van der Waals surface area contributed by atoms with Crippen molar-refractivity contribution in [3.8, 4) is 17.6 Å². The number of nitrogens with one attached hydrogen (secondary N) is 3. The van der Waals surface area contributed by atoms with Crippen LogP contribution in [0.25, 0.3) is 10.9 Å². The Kier molecular flexibility index (Phi) is 8.80. The number of methoxy groups -OCH3 is 1. The van der Waals surface area contributed by atoms with Crippen LogP contribution in [0.5, 0.6) is 5.75 Å². The maximum atomic E-state index is 14.8. The smallest absolute Gasteiger partial charge is 0.407 e. The number of aromatic nitrogens is 1. The summed E-state index contributed by atoms with van der Waals surface area (Å²) in [6, 6.07) is 10.4. The molecule has 1 aromatic heterocycles. The molecule has 4 N–H and O–H groups in total. The zero-order valence-corrected chi connectivity index (χ0v) is 22.3. The molecular formula is C28H29F4N5O4. The number of alkyl halides is 4. The zero-order valence-electron chi connectivity index (χ0n) is 22.3. The Hall–Kier alpha value is -4.60. The molecule has 1 aliphatic heterocycles. The minimum atomic E-state index is -4.52. The second-order valence-corrected chi connectivity index (χ2v) is 9.40. The molecule has 1 saturated heterocycles. The highest BCUT2D eigenvalue weighted by Crippen LogP contribution is 2.32. The van der Waals surface area contributed by atoms with Crippen LogP contribution < -0.4 is 20.7 Å². The fourth-order valence-electron chi connectivity index (χ4n) is 4.70. The molecule has 4 rings (SSSR count). The summed E-state index contributed by atoms with van der Waals surface area (Å²) in [6.07, 6.45) is -6.99. The first-order valence-electron chi connectivity index (χ1n) is 12.7. The van der Waals surface area contributed by atoms with E-state index in [1.165, 1.54) is 26.3 Å². The molecule has 3 aromatic rings. The predicted molar refractivity (Wildman–Crippen MR) is 146 cm³/mol. The van der Waals surface area contributed by atoms with Gasteiger partial charge in [-0.3, -0.25) is 4.79 Å². The van der Waals surface area contributed by atoms with E-state index in [0.717, 1.165) is 9.47 Å². The third kappa shape index (κ3) is 6.95. The van der Waals surface area contributed by atoms with Gasteiger partial charge in [-0.2, -0.15) is 13.2 Å². The molecule has 218 valence electrons. The van der Waals surface area contributed by atoms with Crippen molar-refractivity contribution in [1.29, 1.82) is 0 Å². The number of carboxylic acid groups (broad SMARTS) is 1. The Balaban J connectivity index is 1.58. The van der Waals surface area contributed by atoms with Gasteiger partial charge in [0.1, 0.15) is 18.5 Å². The average Bonchev–Trinajstić information content (AvgIpc) is 3.28. The number of nitrogens with zero attached hydrogens (tertiary/aromatic N) is 2. The van der Waals surface area contributed by atoms with Crippen molar-refractivity contribution >= 4 is 34.3 Å². The first-order chi connectivity index (χ1) is 19.5. The van der Waals surface area contributed by atoms with Gasteiger partial charge in [0.15, 0.2) is 0 Å². The Morgan fingerprint density at radius 2 is 1.95 bits per heavy atom. The van der Waals surface area contributed by atoms with E-state index >= 15 is 0 Å². The second-order valence-electron chi connectivity index (χ2n) is 9.40. The van der Waals surface area contributed by atoms with E-state index in [4.69, 9.17) is 9.84 Å². The summed E-state index contributed by atoms with van der Waals surface area (Å²) in [7, 11) is 2.96. The lowest BCUT2D eigenvalue weighted by Crippen LogP contribution is -2.49. The van der Waals surface area contributed by atoms with E-state index in [1.54, 1.807) is 30.3 Å². The van der Waals surface area contributed by atoms with Gasteiger partial charge in [-0.25, -0.2) is 9.18 Å². The number of carbonyl (C=O) groups is 2. The molecule has 2 aromatic carbocycles. The molecule has 0 saturated carbocycles. The second kappa shape index (κ2) is 12.3. The molecule has 2 amide bonds. The number of ether oxygens (including phenoxy) is 1. The van der Waals surface area contributed by atoms with Crippen molar-refractivity contribution in [3.05, 3.63) is 53.7 Å². The topological polar surface area (TPSA) is 108 Å². The Bertz CT molecular complexity index is 1490. The molecule has 2 atom stereocenters. The van der Waals surface area contributed by atoms with Crippen LogP contribution in [0.3, 0.4) is 0 Å². The molecule has 0 unspecified atom stereocenters. The molecule has 1 aliphatic rings. The van der Waals surface area contributed by atoms with Crippen LogP contribution in [-0.2, 0) is 6.54 Å². The highest BCUT2D eigenvalue weighted by atomic mass is 19.4. The van der Waals surface area contributed by atoms with E-state index < -0.39 is 31.0 Å². The number of benzene rings is 2. The summed E-state index contributed by atoms with van der Waals surface area (Å²) in [4.78, 5) is 24.0. The summed E-state index contributed by atoms with van der Waals surface area (Å²) >= 11 is 0. The van der Waals surface area contributed by atoms with Gasteiger partial charge >= 0.3 is 12.3 Å². The maximum absolute atomic E-state index is 14.8. The van der Waals surface area contributed by atoms with Crippen molar-refractivity contribution in [1.82, 2.24) is 14.8 Å². The van der Waals surface area contributed by atoms with Gasteiger partial charge < -0.3 is 35.3 Å². The highest BCUT2D eigenvalue weighted by molar-refractivity contribution is 5.95. The summed E-state index contributed by atoms with van der Waals surface area (Å²) in [5.41, 5.74) is 1.77. The third-order valence-electron chi connectivity index (χ3n) is 6.71. The molecule has 13 heteroatoms. The van der Waals surface area contributed by atoms with Gasteiger partial charge in [0, 0.05) is 30.2 Å². The number of piperidine rings is 1. The molecule has 0 aliphatic carbocycles. The zero-order chi connectivity index (χ0) is 29.7. The van der Waals surface area contributed by atoms with E-state index in [-0.39, 0.29) is 43.2 Å². The number of fused-ring (bicyclic) bond motifs is 1. The molecule has 0 bridgehead atoms. The van der Waals surface area contributed by atoms with Crippen molar-refractivity contribution < 1.29 is 37.0 Å². The van der Waals surface area contributed by atoms with Crippen LogP contribution in [0.15, 0.2) is 42.5 Å². The average molecular weight is 576 g/mol. The highest BCUT2D eigenvalue weighted by Gasteiger charge is 2.33.